The Morgan fingerprint density at radius 3 is 2.07 bits per heavy atom. The van der Waals surface area contributed by atoms with Gasteiger partial charge in [-0.1, -0.05) is 19.1 Å². The van der Waals surface area contributed by atoms with Crippen LogP contribution in [0.2, 0.25) is 58.9 Å². The first-order valence-electron chi connectivity index (χ1n) is 15.8. The third-order valence-electron chi connectivity index (χ3n) is 7.80. The number of para-hydroxylation sites is 1. The van der Waals surface area contributed by atoms with Crippen LogP contribution in [0.25, 0.3) is 0 Å². The van der Waals surface area contributed by atoms with Gasteiger partial charge in [0, 0.05) is 30.8 Å². The number of hydrogen-bond acceptors (Lipinski definition) is 8. The zero-order valence-electron chi connectivity index (χ0n) is 28.5. The molecular weight excluding hydrogens is 597 g/mol. The molecule has 2 aliphatic rings. The predicted octanol–water partition coefficient (Wildman–Crippen LogP) is 6.72. The van der Waals surface area contributed by atoms with Crippen molar-refractivity contribution < 1.29 is 37.1 Å². The number of rotatable bonds is 16. The Kier molecular flexibility index (Phi) is 12.2. The Morgan fingerprint density at radius 2 is 1.49 bits per heavy atom. The highest BCUT2D eigenvalue weighted by Gasteiger charge is 2.52. The van der Waals surface area contributed by atoms with Crippen molar-refractivity contribution in [3.8, 4) is 5.75 Å². The lowest BCUT2D eigenvalue weighted by Gasteiger charge is -2.47. The summed E-state index contributed by atoms with van der Waals surface area (Å²) in [7, 11) is -4.18. The van der Waals surface area contributed by atoms with E-state index in [0.717, 1.165) is 0 Å². The second-order valence-electron chi connectivity index (χ2n) is 15.2. The van der Waals surface area contributed by atoms with Crippen LogP contribution >= 0.6 is 0 Å². The van der Waals surface area contributed by atoms with Gasteiger partial charge in [0.25, 0.3) is 0 Å². The summed E-state index contributed by atoms with van der Waals surface area (Å²) in [5.41, 5.74) is 0.422. The van der Waals surface area contributed by atoms with Gasteiger partial charge in [0.2, 0.25) is 0 Å². The molecule has 0 spiro atoms. The highest BCUT2D eigenvalue weighted by atomic mass is 28.4. The van der Waals surface area contributed by atoms with Gasteiger partial charge in [0.05, 0.1) is 56.2 Å². The van der Waals surface area contributed by atoms with Gasteiger partial charge >= 0.3 is 0 Å². The van der Waals surface area contributed by atoms with E-state index in [1.54, 1.807) is 18.2 Å². The molecule has 2 heterocycles. The Balaban J connectivity index is 1.75. The number of Topliss-reactive ketones (excluding diaryl/α,β-unsaturated/α-hetero) is 2. The minimum absolute atomic E-state index is 0.0737. The number of ether oxygens (including phenoxy) is 3. The highest BCUT2D eigenvalue weighted by Crippen LogP contribution is 2.40. The van der Waals surface area contributed by atoms with Gasteiger partial charge in [-0.3, -0.25) is 9.59 Å². The van der Waals surface area contributed by atoms with Crippen LogP contribution in [0.1, 0.15) is 43.5 Å². The summed E-state index contributed by atoms with van der Waals surface area (Å²) < 4.78 is 38.0. The summed E-state index contributed by atoms with van der Waals surface area (Å²) in [4.78, 5) is 26.4. The van der Waals surface area contributed by atoms with E-state index < -0.39 is 25.0 Å². The number of methoxy groups -OCH3 is 1. The van der Waals surface area contributed by atoms with Crippen LogP contribution in [0, 0.1) is 11.8 Å². The molecular formula is C32H56O8Si3. The Bertz CT molecular complexity index is 1090. The molecule has 0 unspecified atom stereocenters. The monoisotopic (exact) mass is 652 g/mol. The van der Waals surface area contributed by atoms with Gasteiger partial charge in [-0.25, -0.2) is 0 Å². The molecule has 8 nitrogen and oxygen atoms in total. The average molecular weight is 653 g/mol. The molecule has 0 aromatic heterocycles. The average Bonchev–Trinajstić information content (AvgIpc) is 3.63. The third kappa shape index (κ3) is 11.3. The van der Waals surface area contributed by atoms with Crippen LogP contribution in [0.4, 0.5) is 0 Å². The number of epoxide rings is 1. The second-order valence-corrected chi connectivity index (χ2v) is 28.6. The van der Waals surface area contributed by atoms with Crippen LogP contribution < -0.4 is 4.74 Å². The van der Waals surface area contributed by atoms with Gasteiger partial charge < -0.3 is 27.5 Å². The van der Waals surface area contributed by atoms with E-state index in [1.807, 2.05) is 6.07 Å². The molecule has 0 N–H and O–H groups in total. The lowest BCUT2D eigenvalue weighted by molar-refractivity contribution is -0.158. The summed E-state index contributed by atoms with van der Waals surface area (Å²) >= 11 is 0. The van der Waals surface area contributed by atoms with Crippen molar-refractivity contribution in [2.24, 2.45) is 11.8 Å². The van der Waals surface area contributed by atoms with Crippen LogP contribution in [0.5, 0.6) is 5.75 Å². The lowest BCUT2D eigenvalue weighted by atomic mass is 9.85. The molecule has 1 aromatic carbocycles. The summed E-state index contributed by atoms with van der Waals surface area (Å²) in [6.45, 7) is 24.4. The highest BCUT2D eigenvalue weighted by molar-refractivity contribution is 6.70. The number of benzene rings is 1. The Morgan fingerprint density at radius 1 is 0.884 bits per heavy atom. The van der Waals surface area contributed by atoms with Crippen molar-refractivity contribution in [2.75, 3.05) is 13.7 Å². The third-order valence-corrected chi connectivity index (χ3v) is 10.8. The molecule has 8 atom stereocenters. The van der Waals surface area contributed by atoms with E-state index in [9.17, 15) is 9.59 Å². The quantitative estimate of drug-likeness (QED) is 0.0842. The molecule has 0 aliphatic carbocycles. The van der Waals surface area contributed by atoms with Crippen molar-refractivity contribution >= 4 is 36.5 Å². The van der Waals surface area contributed by atoms with Crippen LogP contribution in [-0.2, 0) is 27.5 Å². The van der Waals surface area contributed by atoms with Crippen LogP contribution in [0.3, 0.4) is 0 Å². The molecule has 11 heteroatoms. The molecule has 2 fully saturated rings. The normalized spacial score (nSPS) is 27.8. The summed E-state index contributed by atoms with van der Waals surface area (Å²) in [6, 6.07) is 7.02. The van der Waals surface area contributed by atoms with Crippen LogP contribution in [-0.4, -0.2) is 86.9 Å². The minimum atomic E-state index is -2.03. The fourth-order valence-electron chi connectivity index (χ4n) is 5.90. The molecule has 2 saturated heterocycles. The molecule has 2 aliphatic heterocycles. The molecule has 43 heavy (non-hydrogen) atoms. The number of ketones is 2. The van der Waals surface area contributed by atoms with E-state index >= 15 is 0 Å². The first-order chi connectivity index (χ1) is 19.8. The number of hydrogen-bond donors (Lipinski definition) is 0. The predicted molar refractivity (Wildman–Crippen MR) is 178 cm³/mol. The standard InChI is InChI=1S/C32H56O8Si3/c1-21(22(2)38-41(4,5)6)30-29(37-30)19-28-32(40-43(10,11)12)31(39-42(7,8)9)23(20-36-28)17-24(33)18-26(34)25-15-13-14-16-27(25)35-3/h13-16,21-23,28-32H,17-20H2,1-12H3/t21-,22+,23+,28+,29+,30+,31-,32-/m1/s1. The molecule has 0 radical (unpaired) electrons. The minimum Gasteiger partial charge on any atom is -0.496 e. The summed E-state index contributed by atoms with van der Waals surface area (Å²) in [5.74, 6) is 0.172. The van der Waals surface area contributed by atoms with E-state index in [1.165, 1.54) is 7.11 Å². The molecule has 0 saturated carbocycles. The Hall–Kier alpha value is -1.19. The summed E-state index contributed by atoms with van der Waals surface area (Å²) in [6.07, 6.45) is 0.222. The Labute approximate surface area is 262 Å². The van der Waals surface area contributed by atoms with Crippen molar-refractivity contribution in [3.63, 3.8) is 0 Å². The largest absolute Gasteiger partial charge is 0.496 e. The zero-order chi connectivity index (χ0) is 32.3. The first-order valence-corrected chi connectivity index (χ1v) is 26.0. The topological polar surface area (TPSA) is 92.8 Å². The fraction of sp³-hybridized carbons (Fsp3) is 0.750. The molecule has 1 aromatic rings. The summed E-state index contributed by atoms with van der Waals surface area (Å²) in [5, 5.41) is 0. The maximum Gasteiger partial charge on any atom is 0.184 e. The maximum atomic E-state index is 13.3. The van der Waals surface area contributed by atoms with E-state index in [4.69, 9.17) is 27.5 Å². The second kappa shape index (κ2) is 14.5. The molecule has 0 bridgehead atoms. The molecule has 244 valence electrons. The number of carbonyl (C=O) groups excluding carboxylic acids is 2. The van der Waals surface area contributed by atoms with Crippen molar-refractivity contribution in [2.45, 2.75) is 129 Å². The van der Waals surface area contributed by atoms with Gasteiger partial charge in [-0.05, 0) is 78.0 Å². The first kappa shape index (κ1) is 36.3. The number of carbonyl (C=O) groups is 2. The maximum absolute atomic E-state index is 13.3. The smallest absolute Gasteiger partial charge is 0.184 e. The van der Waals surface area contributed by atoms with Gasteiger partial charge in [-0.2, -0.15) is 0 Å². The van der Waals surface area contributed by atoms with Gasteiger partial charge in [-0.15, -0.1) is 0 Å². The van der Waals surface area contributed by atoms with Crippen molar-refractivity contribution in [1.82, 2.24) is 0 Å². The van der Waals surface area contributed by atoms with E-state index in [2.05, 4.69) is 72.8 Å². The zero-order valence-corrected chi connectivity index (χ0v) is 31.5. The fourth-order valence-corrected chi connectivity index (χ4v) is 9.48. The van der Waals surface area contributed by atoms with Crippen molar-refractivity contribution in [1.29, 1.82) is 0 Å². The SMILES string of the molecule is COc1ccccc1C(=O)CC(=O)C[C@H]1CO[C@@H](C[C@@H]2O[C@H]2[C@H](C)[C@H](C)O[Si](C)(C)C)[C@@H](O[Si](C)(C)C)[C@@H]1O[Si](C)(C)C. The van der Waals surface area contributed by atoms with Gasteiger partial charge in [0.1, 0.15) is 11.5 Å². The lowest BCUT2D eigenvalue weighted by Crippen LogP contribution is -2.58. The van der Waals surface area contributed by atoms with Crippen molar-refractivity contribution in [3.05, 3.63) is 29.8 Å². The van der Waals surface area contributed by atoms with Gasteiger partial charge in [0.15, 0.2) is 30.7 Å². The van der Waals surface area contributed by atoms with Crippen LogP contribution in [0.15, 0.2) is 24.3 Å². The molecule has 0 amide bonds. The van der Waals surface area contributed by atoms with E-state index in [0.29, 0.717) is 24.3 Å². The van der Waals surface area contributed by atoms with E-state index in [-0.39, 0.29) is 72.9 Å². The molecule has 3 rings (SSSR count).